The van der Waals surface area contributed by atoms with Crippen LogP contribution in [0.2, 0.25) is 0 Å². The van der Waals surface area contributed by atoms with Crippen molar-refractivity contribution in [1.29, 1.82) is 0 Å². The molecule has 1 rings (SSSR count). The molecule has 0 aromatic carbocycles. The molecule has 0 atom stereocenters. The smallest absolute Gasteiger partial charge is 0.303 e. The SMILES string of the molecule is CN(CCCC(=O)O)Cc1csc(Br)c1. The van der Waals surface area contributed by atoms with Crippen LogP contribution in [0.5, 0.6) is 0 Å². The van der Waals surface area contributed by atoms with Crippen LogP contribution in [-0.2, 0) is 11.3 Å². The molecule has 0 spiro atoms. The number of hydrogen-bond donors (Lipinski definition) is 1. The van der Waals surface area contributed by atoms with E-state index in [1.807, 2.05) is 7.05 Å². The molecule has 1 N–H and O–H groups in total. The topological polar surface area (TPSA) is 40.5 Å². The largest absolute Gasteiger partial charge is 0.481 e. The maximum atomic E-state index is 10.3. The zero-order valence-corrected chi connectivity index (χ0v) is 11.0. The number of halogens is 1. The van der Waals surface area contributed by atoms with Gasteiger partial charge in [0.15, 0.2) is 0 Å². The fourth-order valence-corrected chi connectivity index (χ4v) is 2.52. The molecular formula is C10H14BrNO2S. The van der Waals surface area contributed by atoms with Crippen molar-refractivity contribution < 1.29 is 9.90 Å². The summed E-state index contributed by atoms with van der Waals surface area (Å²) in [6.07, 6.45) is 0.953. The number of carboxylic acids is 1. The molecule has 0 saturated carbocycles. The summed E-state index contributed by atoms with van der Waals surface area (Å²) < 4.78 is 1.14. The summed E-state index contributed by atoms with van der Waals surface area (Å²) in [4.78, 5) is 12.5. The van der Waals surface area contributed by atoms with Gasteiger partial charge in [-0.1, -0.05) is 0 Å². The monoisotopic (exact) mass is 291 g/mol. The van der Waals surface area contributed by atoms with Crippen molar-refractivity contribution in [3.63, 3.8) is 0 Å². The zero-order valence-electron chi connectivity index (χ0n) is 8.57. The minimum atomic E-state index is -0.721. The Hall–Kier alpha value is -0.390. The van der Waals surface area contributed by atoms with Crippen molar-refractivity contribution >= 4 is 33.2 Å². The molecule has 5 heteroatoms. The van der Waals surface area contributed by atoms with E-state index in [0.29, 0.717) is 6.42 Å². The Morgan fingerprint density at radius 2 is 2.40 bits per heavy atom. The minimum Gasteiger partial charge on any atom is -0.481 e. The second-order valence-electron chi connectivity index (χ2n) is 3.49. The lowest BCUT2D eigenvalue weighted by molar-refractivity contribution is -0.137. The summed E-state index contributed by atoms with van der Waals surface area (Å²) >= 11 is 5.09. The number of thiophene rings is 1. The molecule has 0 saturated heterocycles. The van der Waals surface area contributed by atoms with Crippen LogP contribution in [0.25, 0.3) is 0 Å². The third-order valence-corrected chi connectivity index (χ3v) is 3.56. The van der Waals surface area contributed by atoms with Crippen LogP contribution in [0.3, 0.4) is 0 Å². The molecule has 1 heterocycles. The molecule has 3 nitrogen and oxygen atoms in total. The second kappa shape index (κ2) is 6.25. The maximum absolute atomic E-state index is 10.3. The van der Waals surface area contributed by atoms with E-state index in [1.165, 1.54) is 5.56 Å². The molecule has 15 heavy (non-hydrogen) atoms. The fraction of sp³-hybridized carbons (Fsp3) is 0.500. The fourth-order valence-electron chi connectivity index (χ4n) is 1.32. The van der Waals surface area contributed by atoms with E-state index in [9.17, 15) is 4.79 Å². The molecule has 84 valence electrons. The molecule has 0 fully saturated rings. The van der Waals surface area contributed by atoms with Crippen molar-refractivity contribution in [3.05, 3.63) is 20.8 Å². The molecule has 0 radical (unpaired) electrons. The first kappa shape index (κ1) is 12.7. The molecule has 1 aromatic rings. The minimum absolute atomic E-state index is 0.248. The van der Waals surface area contributed by atoms with Crippen LogP contribution in [0.4, 0.5) is 0 Å². The van der Waals surface area contributed by atoms with Gasteiger partial charge in [-0.3, -0.25) is 4.79 Å². The number of rotatable bonds is 6. The van der Waals surface area contributed by atoms with Gasteiger partial charge in [-0.15, -0.1) is 11.3 Å². The van der Waals surface area contributed by atoms with Gasteiger partial charge in [0.1, 0.15) is 0 Å². The van der Waals surface area contributed by atoms with E-state index in [-0.39, 0.29) is 6.42 Å². The molecule has 0 amide bonds. The van der Waals surface area contributed by atoms with E-state index in [1.54, 1.807) is 11.3 Å². The van der Waals surface area contributed by atoms with E-state index in [2.05, 4.69) is 32.3 Å². The average Bonchev–Trinajstić information content (AvgIpc) is 2.50. The highest BCUT2D eigenvalue weighted by Crippen LogP contribution is 2.21. The van der Waals surface area contributed by atoms with Crippen LogP contribution >= 0.6 is 27.3 Å². The van der Waals surface area contributed by atoms with Crippen LogP contribution < -0.4 is 0 Å². The predicted molar refractivity (Wildman–Crippen MR) is 65.2 cm³/mol. The van der Waals surface area contributed by atoms with Crippen LogP contribution in [-0.4, -0.2) is 29.6 Å². The Morgan fingerprint density at radius 3 is 2.93 bits per heavy atom. The van der Waals surface area contributed by atoms with Gasteiger partial charge in [0.25, 0.3) is 0 Å². The number of carbonyl (C=O) groups is 1. The van der Waals surface area contributed by atoms with E-state index in [0.717, 1.165) is 16.9 Å². The molecule has 1 aromatic heterocycles. The molecule has 0 bridgehead atoms. The zero-order chi connectivity index (χ0) is 11.3. The highest BCUT2D eigenvalue weighted by atomic mass is 79.9. The average molecular weight is 292 g/mol. The van der Waals surface area contributed by atoms with Crippen molar-refractivity contribution in [2.75, 3.05) is 13.6 Å². The Bertz CT molecular complexity index is 327. The van der Waals surface area contributed by atoms with Crippen molar-refractivity contribution in [2.45, 2.75) is 19.4 Å². The summed E-state index contributed by atoms with van der Waals surface area (Å²) in [6.45, 7) is 1.70. The normalized spacial score (nSPS) is 10.9. The first-order valence-electron chi connectivity index (χ1n) is 4.71. The standard InChI is InChI=1S/C10H14BrNO2S/c1-12(4-2-3-10(13)14)6-8-5-9(11)15-7-8/h5,7H,2-4,6H2,1H3,(H,13,14). The van der Waals surface area contributed by atoms with Gasteiger partial charge < -0.3 is 10.0 Å². The summed E-state index contributed by atoms with van der Waals surface area (Å²) in [5, 5.41) is 10.6. The number of aliphatic carboxylic acids is 1. The lowest BCUT2D eigenvalue weighted by Gasteiger charge is -2.14. The number of nitrogens with zero attached hydrogens (tertiary/aromatic N) is 1. The lowest BCUT2D eigenvalue weighted by Crippen LogP contribution is -2.19. The maximum Gasteiger partial charge on any atom is 0.303 e. The van der Waals surface area contributed by atoms with Crippen molar-refractivity contribution in [1.82, 2.24) is 4.90 Å². The second-order valence-corrected chi connectivity index (χ2v) is 5.78. The first-order chi connectivity index (χ1) is 7.08. The lowest BCUT2D eigenvalue weighted by atomic mass is 10.2. The summed E-state index contributed by atoms with van der Waals surface area (Å²) in [5.74, 6) is -0.721. The van der Waals surface area contributed by atoms with Crippen LogP contribution in [0, 0.1) is 0 Å². The Labute approximate surface area is 102 Å². The molecule has 0 unspecified atom stereocenters. The van der Waals surface area contributed by atoms with Crippen LogP contribution in [0.1, 0.15) is 18.4 Å². The third-order valence-electron chi connectivity index (χ3n) is 2.00. The van der Waals surface area contributed by atoms with E-state index >= 15 is 0 Å². The Balaban J connectivity index is 2.24. The Morgan fingerprint density at radius 1 is 1.67 bits per heavy atom. The first-order valence-corrected chi connectivity index (χ1v) is 6.38. The predicted octanol–water partition coefficient (Wildman–Crippen LogP) is 2.81. The van der Waals surface area contributed by atoms with Gasteiger partial charge in [0, 0.05) is 13.0 Å². The summed E-state index contributed by atoms with van der Waals surface area (Å²) in [5.41, 5.74) is 1.27. The molecule has 0 aliphatic rings. The highest BCUT2D eigenvalue weighted by molar-refractivity contribution is 9.11. The molecular weight excluding hydrogens is 278 g/mol. The van der Waals surface area contributed by atoms with Gasteiger partial charge in [-0.05, 0) is 53.0 Å². The number of hydrogen-bond acceptors (Lipinski definition) is 3. The number of carboxylic acid groups (broad SMARTS) is 1. The van der Waals surface area contributed by atoms with Crippen LogP contribution in [0.15, 0.2) is 15.2 Å². The van der Waals surface area contributed by atoms with E-state index < -0.39 is 5.97 Å². The van der Waals surface area contributed by atoms with Gasteiger partial charge in [0.2, 0.25) is 0 Å². The highest BCUT2D eigenvalue weighted by Gasteiger charge is 2.03. The van der Waals surface area contributed by atoms with Crippen molar-refractivity contribution in [2.24, 2.45) is 0 Å². The van der Waals surface area contributed by atoms with E-state index in [4.69, 9.17) is 5.11 Å². The van der Waals surface area contributed by atoms with Gasteiger partial charge in [-0.2, -0.15) is 0 Å². The Kier molecular flexibility index (Phi) is 5.28. The quantitative estimate of drug-likeness (QED) is 0.876. The molecule has 0 aliphatic carbocycles. The summed E-state index contributed by atoms with van der Waals surface area (Å²) in [6, 6.07) is 2.10. The van der Waals surface area contributed by atoms with Gasteiger partial charge in [-0.25, -0.2) is 0 Å². The van der Waals surface area contributed by atoms with Crippen molar-refractivity contribution in [3.8, 4) is 0 Å². The molecule has 0 aliphatic heterocycles. The van der Waals surface area contributed by atoms with Gasteiger partial charge in [0.05, 0.1) is 3.79 Å². The summed E-state index contributed by atoms with van der Waals surface area (Å²) in [7, 11) is 2.01. The third kappa shape index (κ3) is 5.30. The van der Waals surface area contributed by atoms with Gasteiger partial charge >= 0.3 is 5.97 Å².